The Morgan fingerprint density at radius 3 is 2.85 bits per heavy atom. The monoisotopic (exact) mass is 278 g/mol. The number of anilines is 1. The summed E-state index contributed by atoms with van der Waals surface area (Å²) in [5.74, 6) is 1.44. The molecule has 1 aromatic rings. The number of nitrogens with one attached hydrogen (secondary N) is 1. The van der Waals surface area contributed by atoms with Crippen molar-refractivity contribution in [2.45, 2.75) is 52.2 Å². The van der Waals surface area contributed by atoms with E-state index in [9.17, 15) is 0 Å². The summed E-state index contributed by atoms with van der Waals surface area (Å²) in [7, 11) is 2.09. The van der Waals surface area contributed by atoms with E-state index in [-0.39, 0.29) is 6.10 Å². The van der Waals surface area contributed by atoms with Gasteiger partial charge in [0.25, 0.3) is 0 Å². The van der Waals surface area contributed by atoms with E-state index in [4.69, 9.17) is 4.74 Å². The van der Waals surface area contributed by atoms with E-state index in [1.807, 2.05) is 26.8 Å². The van der Waals surface area contributed by atoms with Crippen LogP contribution in [0.15, 0.2) is 6.07 Å². The van der Waals surface area contributed by atoms with Gasteiger partial charge in [0.05, 0.1) is 6.10 Å². The first-order valence-electron chi connectivity index (χ1n) is 7.52. The highest BCUT2D eigenvalue weighted by molar-refractivity contribution is 5.34. The summed E-state index contributed by atoms with van der Waals surface area (Å²) >= 11 is 0. The molecular formula is C15H26N4O. The molecule has 0 aliphatic carbocycles. The van der Waals surface area contributed by atoms with Gasteiger partial charge in [0.1, 0.15) is 0 Å². The van der Waals surface area contributed by atoms with Crippen molar-refractivity contribution < 1.29 is 4.74 Å². The molecule has 0 spiro atoms. The second-order valence-electron chi connectivity index (χ2n) is 5.76. The highest BCUT2D eigenvalue weighted by atomic mass is 16.5. The van der Waals surface area contributed by atoms with Crippen LogP contribution in [0, 0.1) is 6.92 Å². The molecule has 0 aromatic carbocycles. The molecule has 0 bridgehead atoms. The van der Waals surface area contributed by atoms with Gasteiger partial charge < -0.3 is 15.0 Å². The topological polar surface area (TPSA) is 50.3 Å². The van der Waals surface area contributed by atoms with Crippen LogP contribution in [0.25, 0.3) is 0 Å². The third-order valence-corrected chi connectivity index (χ3v) is 3.58. The maximum atomic E-state index is 5.71. The van der Waals surface area contributed by atoms with Gasteiger partial charge in [-0.25, -0.2) is 4.98 Å². The van der Waals surface area contributed by atoms with Crippen molar-refractivity contribution in [2.75, 3.05) is 25.0 Å². The molecule has 20 heavy (non-hydrogen) atoms. The molecule has 0 radical (unpaired) electrons. The molecule has 1 fully saturated rings. The zero-order chi connectivity index (χ0) is 14.5. The summed E-state index contributed by atoms with van der Waals surface area (Å²) in [5.41, 5.74) is 0.948. The number of hydrogen-bond donors (Lipinski definition) is 1. The van der Waals surface area contributed by atoms with Crippen molar-refractivity contribution in [3.63, 3.8) is 0 Å². The molecule has 1 saturated heterocycles. The third-order valence-electron chi connectivity index (χ3n) is 3.58. The molecule has 0 amide bonds. The van der Waals surface area contributed by atoms with Crippen molar-refractivity contribution in [1.29, 1.82) is 0 Å². The van der Waals surface area contributed by atoms with Crippen LogP contribution in [0.4, 0.5) is 5.95 Å². The molecule has 1 aliphatic heterocycles. The van der Waals surface area contributed by atoms with E-state index < -0.39 is 0 Å². The average Bonchev–Trinajstić information content (AvgIpc) is 2.65. The molecule has 2 rings (SSSR count). The lowest BCUT2D eigenvalue weighted by Gasteiger charge is -2.27. The zero-order valence-electron chi connectivity index (χ0n) is 13.0. The predicted molar refractivity (Wildman–Crippen MR) is 81.4 cm³/mol. The van der Waals surface area contributed by atoms with Gasteiger partial charge in [0.2, 0.25) is 11.8 Å². The molecule has 2 heterocycles. The average molecular weight is 278 g/mol. The van der Waals surface area contributed by atoms with Crippen molar-refractivity contribution in [1.82, 2.24) is 15.3 Å². The fourth-order valence-corrected chi connectivity index (χ4v) is 2.54. The first kappa shape index (κ1) is 15.0. The Hall–Kier alpha value is -1.36. The van der Waals surface area contributed by atoms with Gasteiger partial charge in [-0.15, -0.1) is 0 Å². The van der Waals surface area contributed by atoms with Crippen LogP contribution in [0.5, 0.6) is 5.88 Å². The summed E-state index contributed by atoms with van der Waals surface area (Å²) in [4.78, 5) is 11.3. The summed E-state index contributed by atoms with van der Waals surface area (Å²) in [5, 5.41) is 3.44. The minimum atomic E-state index is 0.129. The molecule has 1 aromatic heterocycles. The lowest BCUT2D eigenvalue weighted by Crippen LogP contribution is -2.34. The number of rotatable bonds is 4. The highest BCUT2D eigenvalue weighted by Gasteiger charge is 2.20. The first-order valence-corrected chi connectivity index (χ1v) is 7.52. The Bertz CT molecular complexity index is 428. The first-order chi connectivity index (χ1) is 9.56. The van der Waals surface area contributed by atoms with E-state index in [1.165, 1.54) is 12.8 Å². The largest absolute Gasteiger partial charge is 0.475 e. The molecule has 112 valence electrons. The Morgan fingerprint density at radius 2 is 2.10 bits per heavy atom. The van der Waals surface area contributed by atoms with E-state index in [1.54, 1.807) is 0 Å². The summed E-state index contributed by atoms with van der Waals surface area (Å²) in [6, 6.07) is 2.39. The van der Waals surface area contributed by atoms with Crippen LogP contribution in [-0.2, 0) is 0 Å². The predicted octanol–water partition coefficient (Wildman–Crippen LogP) is 2.15. The number of aryl methyl sites for hydroxylation is 1. The van der Waals surface area contributed by atoms with Crippen LogP contribution < -0.4 is 15.0 Å². The van der Waals surface area contributed by atoms with E-state index in [2.05, 4.69) is 27.2 Å². The van der Waals surface area contributed by atoms with E-state index in [0.29, 0.717) is 11.9 Å². The number of nitrogens with zero attached hydrogens (tertiary/aromatic N) is 3. The van der Waals surface area contributed by atoms with Crippen LogP contribution in [0.1, 0.15) is 38.8 Å². The Morgan fingerprint density at radius 1 is 1.30 bits per heavy atom. The Kier molecular flexibility index (Phi) is 5.17. The van der Waals surface area contributed by atoms with Gasteiger partial charge in [-0.05, 0) is 53.1 Å². The lowest BCUT2D eigenvalue weighted by molar-refractivity contribution is 0.232. The highest BCUT2D eigenvalue weighted by Crippen LogP contribution is 2.20. The second kappa shape index (κ2) is 6.88. The summed E-state index contributed by atoms with van der Waals surface area (Å²) < 4.78 is 5.71. The standard InChI is InChI=1S/C15H26N4O/c1-11(2)20-14-10-12(3)17-15(18-14)19(4)13-6-5-8-16-9-7-13/h10-11,13,16H,5-9H2,1-4H3. The third kappa shape index (κ3) is 4.07. The molecule has 1 unspecified atom stereocenters. The number of hydrogen-bond acceptors (Lipinski definition) is 5. The van der Waals surface area contributed by atoms with Crippen LogP contribution in [-0.4, -0.2) is 42.3 Å². The van der Waals surface area contributed by atoms with E-state index in [0.717, 1.165) is 31.2 Å². The molecule has 1 N–H and O–H groups in total. The Balaban J connectivity index is 2.15. The van der Waals surface area contributed by atoms with Crippen molar-refractivity contribution in [2.24, 2.45) is 0 Å². The fraction of sp³-hybridized carbons (Fsp3) is 0.733. The van der Waals surface area contributed by atoms with Crippen LogP contribution in [0.2, 0.25) is 0 Å². The van der Waals surface area contributed by atoms with Gasteiger partial charge in [-0.2, -0.15) is 4.98 Å². The summed E-state index contributed by atoms with van der Waals surface area (Å²) in [6.45, 7) is 8.19. The van der Waals surface area contributed by atoms with Gasteiger partial charge in [-0.3, -0.25) is 0 Å². The van der Waals surface area contributed by atoms with Crippen molar-refractivity contribution >= 4 is 5.95 Å². The maximum absolute atomic E-state index is 5.71. The normalized spacial score (nSPS) is 19.8. The SMILES string of the molecule is Cc1cc(OC(C)C)nc(N(C)C2CCCNCC2)n1. The zero-order valence-corrected chi connectivity index (χ0v) is 13.0. The molecule has 1 aliphatic rings. The quantitative estimate of drug-likeness (QED) is 0.914. The lowest BCUT2D eigenvalue weighted by atomic mass is 10.1. The smallest absolute Gasteiger partial charge is 0.228 e. The maximum Gasteiger partial charge on any atom is 0.228 e. The van der Waals surface area contributed by atoms with Gasteiger partial charge in [0, 0.05) is 24.8 Å². The second-order valence-corrected chi connectivity index (χ2v) is 5.76. The molecular weight excluding hydrogens is 252 g/mol. The van der Waals surface area contributed by atoms with Gasteiger partial charge in [0.15, 0.2) is 0 Å². The number of ether oxygens (including phenoxy) is 1. The molecule has 5 heteroatoms. The molecule has 1 atom stereocenters. The van der Waals surface area contributed by atoms with Crippen molar-refractivity contribution in [3.8, 4) is 5.88 Å². The fourth-order valence-electron chi connectivity index (χ4n) is 2.54. The van der Waals surface area contributed by atoms with Crippen LogP contribution in [0.3, 0.4) is 0 Å². The van der Waals surface area contributed by atoms with Crippen LogP contribution >= 0.6 is 0 Å². The van der Waals surface area contributed by atoms with Gasteiger partial charge in [-0.1, -0.05) is 0 Å². The molecule has 0 saturated carbocycles. The number of aromatic nitrogens is 2. The Labute approximate surface area is 121 Å². The summed E-state index contributed by atoms with van der Waals surface area (Å²) in [6.07, 6.45) is 3.65. The minimum Gasteiger partial charge on any atom is -0.475 e. The minimum absolute atomic E-state index is 0.129. The molecule has 5 nitrogen and oxygen atoms in total. The van der Waals surface area contributed by atoms with Gasteiger partial charge >= 0.3 is 0 Å². The van der Waals surface area contributed by atoms with E-state index >= 15 is 0 Å². The van der Waals surface area contributed by atoms with Crippen molar-refractivity contribution in [3.05, 3.63) is 11.8 Å².